The Morgan fingerprint density at radius 3 is 1.47 bits per heavy atom. The molecule has 0 spiro atoms. The van der Waals surface area contributed by atoms with Crippen LogP contribution in [0.3, 0.4) is 0 Å². The summed E-state index contributed by atoms with van der Waals surface area (Å²) in [7, 11) is 0. The number of ketones is 1. The third-order valence-corrected chi connectivity index (χ3v) is 21.8. The molecule has 29 nitrogen and oxygen atoms in total. The molecule has 0 saturated carbocycles. The molecule has 9 amide bonds. The number of anilines is 5. The fraction of sp³-hybridized carbons (Fsp3) is 0.309. The molecule has 6 fully saturated rings. The molecule has 18 rings (SSSR count). The lowest BCUT2D eigenvalue weighted by Gasteiger charge is -2.35. The van der Waals surface area contributed by atoms with Crippen molar-refractivity contribution in [2.24, 2.45) is 0 Å². The van der Waals surface area contributed by atoms with E-state index < -0.39 is 59.3 Å². The Morgan fingerprint density at radius 1 is 0.491 bits per heavy atom. The van der Waals surface area contributed by atoms with Gasteiger partial charge in [0.2, 0.25) is 29.5 Å². The largest absolute Gasteiger partial charge is 0.354 e. The van der Waals surface area contributed by atoms with Gasteiger partial charge in [-0.05, 0) is 158 Å². The second-order valence-corrected chi connectivity index (χ2v) is 29.0. The minimum Gasteiger partial charge on any atom is -0.354 e. The Morgan fingerprint density at radius 2 is 0.974 bits per heavy atom. The molecular weight excluding hydrogens is 1510 g/mol. The van der Waals surface area contributed by atoms with E-state index in [-0.39, 0.29) is 115 Å². The van der Waals surface area contributed by atoms with Gasteiger partial charge in [0.25, 0.3) is 23.6 Å². The van der Waals surface area contributed by atoms with Crippen molar-refractivity contribution in [1.29, 1.82) is 0 Å². The van der Waals surface area contributed by atoms with Crippen LogP contribution in [0, 0.1) is 11.6 Å². The van der Waals surface area contributed by atoms with Crippen LogP contribution in [0.25, 0.3) is 34.1 Å². The number of nitrogens with one attached hydrogen (secondary N) is 4. The van der Waals surface area contributed by atoms with Crippen molar-refractivity contribution >= 4 is 123 Å². The fourth-order valence-corrected chi connectivity index (χ4v) is 16.0. The van der Waals surface area contributed by atoms with E-state index >= 15 is 0 Å². The molecule has 8 aliphatic rings. The van der Waals surface area contributed by atoms with Crippen molar-refractivity contribution in [2.45, 2.75) is 82.0 Å². The Labute approximate surface area is 662 Å². The molecular formula is C81H77Cl2F2N19O10. The van der Waals surface area contributed by atoms with Gasteiger partial charge in [0.05, 0.1) is 70.5 Å². The number of alkyl halides is 1. The second-order valence-electron chi connectivity index (χ2n) is 28.7. The number of benzene rings is 4. The number of piperidine rings is 2. The van der Waals surface area contributed by atoms with E-state index in [2.05, 4.69) is 56.9 Å². The number of hydrogen-bond donors (Lipinski definition) is 4. The third-order valence-electron chi connectivity index (χ3n) is 21.5. The number of amides is 9. The molecule has 4 atom stereocenters. The van der Waals surface area contributed by atoms with Crippen LogP contribution in [0.2, 0.25) is 0 Å². The van der Waals surface area contributed by atoms with Crippen LogP contribution < -0.4 is 40.9 Å². The predicted octanol–water partition coefficient (Wildman–Crippen LogP) is 7.98. The number of imidazole rings is 2. The molecule has 4 N–H and O–H groups in total. The Balaban J connectivity index is 0.000000149. The Kier molecular flexibility index (Phi) is 22.4. The topological polar surface area (TPSA) is 328 Å². The first-order chi connectivity index (χ1) is 54.9. The second kappa shape index (κ2) is 33.2. The van der Waals surface area contributed by atoms with E-state index in [4.69, 9.17) is 31.8 Å². The van der Waals surface area contributed by atoms with Crippen LogP contribution in [0.5, 0.6) is 0 Å². The summed E-state index contributed by atoms with van der Waals surface area (Å²) in [4.78, 5) is 155. The number of Topliss-reactive ketones (excluding diaryl/α,β-unsaturated/α-hetero) is 1. The molecule has 14 heterocycles. The van der Waals surface area contributed by atoms with Crippen LogP contribution >= 0.6 is 24.0 Å². The van der Waals surface area contributed by atoms with Gasteiger partial charge in [-0.1, -0.05) is 42.5 Å². The molecule has 0 bridgehead atoms. The SMILES string of the molecule is Cl.Fc1cccc([C@H]2CCCN2c2ccc3ncc(-c4cccc(N5CCNCC5)n4)n3n2)c1.O=C(CCl)Cc1ccc2c(c1)C(=O)N(C1CCC(=O)NC1=O)C2=O.O=C1CCC(N2C(=O)c3ccc(NC(=O)CN4CCN(c5cccc(-c6cnc7ccc(N8CCC[C@@H]8c8cccc(F)c8)nn67)n5)CC4)cc3C2=O)C(=O)N1. The van der Waals surface area contributed by atoms with E-state index in [0.717, 1.165) is 138 Å². The quantitative estimate of drug-likeness (QED) is 0.0526. The number of aromatic nitrogens is 8. The average Bonchev–Trinajstić information content (AvgIpc) is 1.60. The van der Waals surface area contributed by atoms with Gasteiger partial charge >= 0.3 is 0 Å². The number of imide groups is 4. The van der Waals surface area contributed by atoms with Crippen LogP contribution in [0.1, 0.15) is 122 Å². The molecule has 114 heavy (non-hydrogen) atoms. The number of rotatable bonds is 16. The van der Waals surface area contributed by atoms with E-state index in [1.165, 1.54) is 36.4 Å². The maximum absolute atomic E-state index is 14.1. The summed E-state index contributed by atoms with van der Waals surface area (Å²) in [6, 6.07) is 40.6. The fourth-order valence-electron chi connectivity index (χ4n) is 16.0. The number of carbonyl (C=O) groups is 10. The number of hydrogen-bond acceptors (Lipinski definition) is 22. The Hall–Kier alpha value is -12.3. The van der Waals surface area contributed by atoms with Gasteiger partial charge in [-0.25, -0.2) is 37.7 Å². The number of nitrogens with zero attached hydrogens (tertiary/aromatic N) is 15. The molecule has 33 heteroatoms. The monoisotopic (exact) mass is 1580 g/mol. The predicted molar refractivity (Wildman–Crippen MR) is 419 cm³/mol. The summed E-state index contributed by atoms with van der Waals surface area (Å²) in [5, 5.41) is 20.5. The highest BCUT2D eigenvalue weighted by Crippen LogP contribution is 2.39. The summed E-state index contributed by atoms with van der Waals surface area (Å²) >= 11 is 5.47. The van der Waals surface area contributed by atoms with Gasteiger partial charge < -0.3 is 30.2 Å². The van der Waals surface area contributed by atoms with Gasteiger partial charge in [-0.2, -0.15) is 0 Å². The zero-order valence-electron chi connectivity index (χ0n) is 61.5. The highest BCUT2D eigenvalue weighted by molar-refractivity contribution is 6.28. The van der Waals surface area contributed by atoms with E-state index in [9.17, 15) is 56.7 Å². The summed E-state index contributed by atoms with van der Waals surface area (Å²) < 4.78 is 31.6. The maximum atomic E-state index is 14.1. The number of carbonyl (C=O) groups excluding carboxylic acids is 10. The molecule has 8 aliphatic heterocycles. The van der Waals surface area contributed by atoms with Gasteiger partial charge in [0.1, 0.15) is 58.4 Å². The van der Waals surface area contributed by atoms with Crippen LogP contribution in [-0.4, -0.2) is 203 Å². The number of pyridine rings is 2. The van der Waals surface area contributed by atoms with Crippen molar-refractivity contribution < 1.29 is 56.7 Å². The molecule has 10 aromatic rings. The molecule has 0 aliphatic carbocycles. The van der Waals surface area contributed by atoms with Gasteiger partial charge in [0.15, 0.2) is 17.1 Å². The van der Waals surface area contributed by atoms with E-state index in [0.29, 0.717) is 43.1 Å². The first kappa shape index (κ1) is 77.0. The van der Waals surface area contributed by atoms with Crippen molar-refractivity contribution in [2.75, 3.05) is 103 Å². The smallest absolute Gasteiger partial charge is 0.262 e. The van der Waals surface area contributed by atoms with Gasteiger partial charge in [-0.3, -0.25) is 73.3 Å². The first-order valence-corrected chi connectivity index (χ1v) is 38.1. The summed E-state index contributed by atoms with van der Waals surface area (Å²) in [6.07, 6.45) is 7.87. The van der Waals surface area contributed by atoms with Crippen LogP contribution in [0.15, 0.2) is 158 Å². The molecule has 6 saturated heterocycles. The number of fused-ring (bicyclic) bond motifs is 4. The summed E-state index contributed by atoms with van der Waals surface area (Å²) in [5.74, 6) is -2.21. The highest BCUT2D eigenvalue weighted by Gasteiger charge is 2.47. The number of piperazine rings is 2. The normalized spacial score (nSPS) is 19.6. The third kappa shape index (κ3) is 15.8. The van der Waals surface area contributed by atoms with Gasteiger partial charge in [-0.15, -0.1) is 34.2 Å². The lowest BCUT2D eigenvalue weighted by molar-refractivity contribution is -0.137. The standard InChI is InChI=1S/C40H37FN10O5.C25H26FN7.C16H13ClN2O5.ClH/c41-25-5-1-4-24(20-25)30-7-3-15-49(30)35-13-12-33-42-22-32(51(33)46-35)29-6-2-8-34(44-29)48-18-16-47(17-19-48)23-37(53)43-26-9-10-27-28(21-26)40(56)50(39(27)55)31-11-14-36(52)45-38(31)54;26-19-5-1-4-18(16-19)21-7-3-13-32(21)25-10-9-23-28-17-22(33(23)30-25)20-6-2-8-24(29-20)31-14-11-27-12-15-31;17-7-9(20)5-8-1-2-10-11(6-8)16(24)19(15(10)23)12-3-4-13(21)18-14(12)22;/h1-2,4-6,8-10,12-13,20-22,30-31H,3,7,11,14-19,23H2,(H,43,53)(H,45,52,54);1-2,4-6,8-10,16-17,21,27H,3,7,11-15H2;1-2,6,12H,3-5,7H2,(H,18,21,22);1H/t30-,31?;21-;;/m11../s1. The molecule has 2 unspecified atom stereocenters. The van der Waals surface area contributed by atoms with E-state index in [1.54, 1.807) is 42.6 Å². The zero-order valence-corrected chi connectivity index (χ0v) is 63.1. The van der Waals surface area contributed by atoms with Crippen LogP contribution in [-0.2, 0) is 35.2 Å². The van der Waals surface area contributed by atoms with Crippen molar-refractivity contribution in [1.82, 2.24) is 69.8 Å². The summed E-state index contributed by atoms with van der Waals surface area (Å²) in [6.45, 7) is 8.16. The average molecular weight is 1590 g/mol. The number of halogens is 4. The van der Waals surface area contributed by atoms with Crippen LogP contribution in [0.4, 0.5) is 37.7 Å². The van der Waals surface area contributed by atoms with Crippen molar-refractivity contribution in [3.63, 3.8) is 0 Å². The molecule has 4 aromatic carbocycles. The minimum absolute atomic E-state index is 0. The first-order valence-electron chi connectivity index (χ1n) is 37.6. The maximum Gasteiger partial charge on any atom is 0.262 e. The van der Waals surface area contributed by atoms with Crippen molar-refractivity contribution in [3.8, 4) is 22.8 Å². The molecule has 0 radical (unpaired) electrons. The lowest BCUT2D eigenvalue weighted by Crippen LogP contribution is -2.54. The van der Waals surface area contributed by atoms with Gasteiger partial charge in [0, 0.05) is 90.4 Å². The zero-order chi connectivity index (χ0) is 78.1. The van der Waals surface area contributed by atoms with Crippen molar-refractivity contribution in [3.05, 3.63) is 209 Å². The lowest BCUT2D eigenvalue weighted by atomic mass is 10.0. The summed E-state index contributed by atoms with van der Waals surface area (Å²) in [5.41, 5.74) is 8.12. The van der Waals surface area contributed by atoms with E-state index in [1.807, 2.05) is 86.9 Å². The Bertz CT molecular complexity index is 5500. The molecule has 584 valence electrons. The highest BCUT2D eigenvalue weighted by atomic mass is 35.5. The molecule has 6 aromatic heterocycles. The minimum atomic E-state index is -1.06.